The number of nitrogens with two attached hydrogens (primary N) is 1. The quantitative estimate of drug-likeness (QED) is 0.399. The van der Waals surface area contributed by atoms with Crippen molar-refractivity contribution in [2.45, 2.75) is 71.2 Å². The minimum absolute atomic E-state index is 0.0243. The van der Waals surface area contributed by atoms with E-state index in [0.717, 1.165) is 4.90 Å². The first-order valence-corrected chi connectivity index (χ1v) is 10.4. The summed E-state index contributed by atoms with van der Waals surface area (Å²) in [6.45, 7) is 6.30. The second-order valence-electron chi connectivity index (χ2n) is 7.84. The van der Waals surface area contributed by atoms with Crippen molar-refractivity contribution in [1.82, 2.24) is 10.2 Å². The summed E-state index contributed by atoms with van der Waals surface area (Å²) in [6.07, 6.45) is -0.868. The third-order valence-corrected chi connectivity index (χ3v) is 5.13. The van der Waals surface area contributed by atoms with Crippen LogP contribution in [0.25, 0.3) is 0 Å². The van der Waals surface area contributed by atoms with Crippen molar-refractivity contribution in [1.29, 1.82) is 0 Å². The Morgan fingerprint density at radius 3 is 2.16 bits per heavy atom. The number of aliphatic hydroxyl groups is 1. The fraction of sp³-hybridized carbons (Fsp3) is 0.545. The van der Waals surface area contributed by atoms with E-state index in [4.69, 9.17) is 10.8 Å². The molecule has 0 aliphatic heterocycles. The molecule has 0 aliphatic carbocycles. The summed E-state index contributed by atoms with van der Waals surface area (Å²) in [5.74, 6) is -3.79. The van der Waals surface area contributed by atoms with Gasteiger partial charge in [0, 0.05) is 6.42 Å². The topological polar surface area (TPSA) is 150 Å². The van der Waals surface area contributed by atoms with Crippen molar-refractivity contribution in [3.05, 3.63) is 35.9 Å². The zero-order valence-electron chi connectivity index (χ0n) is 18.4. The zero-order chi connectivity index (χ0) is 23.7. The normalized spacial score (nSPS) is 15.8. The minimum Gasteiger partial charge on any atom is -0.480 e. The molecule has 0 spiro atoms. The highest BCUT2D eigenvalue weighted by Gasteiger charge is 2.39. The van der Waals surface area contributed by atoms with Crippen molar-refractivity contribution in [2.24, 2.45) is 11.7 Å². The van der Waals surface area contributed by atoms with Crippen LogP contribution in [0, 0.1) is 5.92 Å². The lowest BCUT2D eigenvalue weighted by atomic mass is 9.96. The Morgan fingerprint density at radius 1 is 1.10 bits per heavy atom. The number of aliphatic hydroxyl groups excluding tert-OH is 1. The van der Waals surface area contributed by atoms with Gasteiger partial charge in [-0.2, -0.15) is 0 Å². The number of nitrogens with one attached hydrogen (secondary N) is 1. The summed E-state index contributed by atoms with van der Waals surface area (Å²) in [5.41, 5.74) is 6.76. The molecule has 9 heteroatoms. The van der Waals surface area contributed by atoms with Crippen LogP contribution in [-0.2, 0) is 25.6 Å². The summed E-state index contributed by atoms with van der Waals surface area (Å²) < 4.78 is 0. The fourth-order valence-corrected chi connectivity index (χ4v) is 2.97. The van der Waals surface area contributed by atoms with Crippen molar-refractivity contribution in [3.63, 3.8) is 0 Å². The fourth-order valence-electron chi connectivity index (χ4n) is 2.97. The largest absolute Gasteiger partial charge is 0.480 e. The molecule has 5 N–H and O–H groups in total. The van der Waals surface area contributed by atoms with Crippen LogP contribution in [0.1, 0.15) is 46.1 Å². The Balaban J connectivity index is 3.42. The van der Waals surface area contributed by atoms with Gasteiger partial charge in [-0.05, 0) is 25.3 Å². The average Bonchev–Trinajstić information content (AvgIpc) is 2.71. The van der Waals surface area contributed by atoms with Crippen molar-refractivity contribution >= 4 is 23.7 Å². The maximum atomic E-state index is 13.2. The van der Waals surface area contributed by atoms with Crippen LogP contribution in [0.3, 0.4) is 0 Å². The Hall–Kier alpha value is -2.78. The standard InChI is InChI=1S/C22H33N3O6/c1-5-13(2)19(23)21(29)25(18(27)11-14(3)26)17(12-16-9-7-6-8-10-16)20(28)24-15(4)22(30)31/h6-10,13-15,17,19,26H,5,11-12,23H2,1-4H3,(H,24,28)(H,30,31)/t13-,14+,15-,17-,19+/m0/s1. The monoisotopic (exact) mass is 435 g/mol. The molecule has 1 rings (SSSR count). The summed E-state index contributed by atoms with van der Waals surface area (Å²) in [6, 6.07) is 5.17. The Labute approximate surface area is 182 Å². The van der Waals surface area contributed by atoms with Gasteiger partial charge < -0.3 is 21.3 Å². The van der Waals surface area contributed by atoms with E-state index in [9.17, 15) is 24.3 Å². The zero-order valence-corrected chi connectivity index (χ0v) is 18.4. The van der Waals surface area contributed by atoms with E-state index in [1.807, 2.05) is 6.92 Å². The summed E-state index contributed by atoms with van der Waals surface area (Å²) in [5, 5.41) is 21.2. The van der Waals surface area contributed by atoms with Crippen LogP contribution < -0.4 is 11.1 Å². The van der Waals surface area contributed by atoms with Crippen LogP contribution in [0.4, 0.5) is 0 Å². The first kappa shape index (κ1) is 26.3. The summed E-state index contributed by atoms with van der Waals surface area (Å²) in [4.78, 5) is 51.2. The summed E-state index contributed by atoms with van der Waals surface area (Å²) in [7, 11) is 0. The number of imide groups is 1. The summed E-state index contributed by atoms with van der Waals surface area (Å²) >= 11 is 0. The molecule has 0 saturated heterocycles. The predicted molar refractivity (Wildman–Crippen MR) is 115 cm³/mol. The Bertz CT molecular complexity index is 768. The molecule has 0 aromatic heterocycles. The number of hydrogen-bond donors (Lipinski definition) is 4. The lowest BCUT2D eigenvalue weighted by Crippen LogP contribution is -2.59. The van der Waals surface area contributed by atoms with Gasteiger partial charge in [-0.3, -0.25) is 24.1 Å². The second-order valence-corrected chi connectivity index (χ2v) is 7.84. The van der Waals surface area contributed by atoms with Gasteiger partial charge in [-0.15, -0.1) is 0 Å². The molecule has 0 heterocycles. The molecule has 172 valence electrons. The van der Waals surface area contributed by atoms with E-state index in [0.29, 0.717) is 12.0 Å². The molecular formula is C22H33N3O6. The van der Waals surface area contributed by atoms with Gasteiger partial charge in [0.05, 0.1) is 18.6 Å². The number of hydrogen-bond acceptors (Lipinski definition) is 6. The lowest BCUT2D eigenvalue weighted by Gasteiger charge is -2.33. The van der Waals surface area contributed by atoms with Crippen molar-refractivity contribution in [3.8, 4) is 0 Å². The smallest absolute Gasteiger partial charge is 0.325 e. The minimum atomic E-state index is -1.32. The van der Waals surface area contributed by atoms with Crippen molar-refractivity contribution in [2.75, 3.05) is 0 Å². The van der Waals surface area contributed by atoms with E-state index in [-0.39, 0.29) is 18.8 Å². The highest BCUT2D eigenvalue weighted by molar-refractivity contribution is 6.03. The van der Waals surface area contributed by atoms with Gasteiger partial charge in [0.25, 0.3) is 0 Å². The predicted octanol–water partition coefficient (Wildman–Crippen LogP) is 0.687. The first-order valence-electron chi connectivity index (χ1n) is 10.4. The lowest BCUT2D eigenvalue weighted by molar-refractivity contribution is -0.154. The number of rotatable bonds is 11. The van der Waals surface area contributed by atoms with E-state index >= 15 is 0 Å². The first-order chi connectivity index (χ1) is 14.5. The molecule has 0 bridgehead atoms. The molecule has 0 radical (unpaired) electrons. The second kappa shape index (κ2) is 12.2. The number of benzene rings is 1. The van der Waals surface area contributed by atoms with Gasteiger partial charge in [0.2, 0.25) is 17.7 Å². The third kappa shape index (κ3) is 7.76. The molecular weight excluding hydrogens is 402 g/mol. The molecule has 1 aromatic rings. The number of amides is 3. The van der Waals surface area contributed by atoms with E-state index in [2.05, 4.69) is 5.32 Å². The van der Waals surface area contributed by atoms with E-state index in [1.165, 1.54) is 13.8 Å². The maximum absolute atomic E-state index is 13.2. The van der Waals surface area contributed by atoms with Crippen LogP contribution in [0.2, 0.25) is 0 Å². The molecule has 31 heavy (non-hydrogen) atoms. The number of carboxylic acid groups (broad SMARTS) is 1. The number of carboxylic acids is 1. The van der Waals surface area contributed by atoms with Gasteiger partial charge in [0.15, 0.2) is 0 Å². The van der Waals surface area contributed by atoms with Crippen molar-refractivity contribution < 1.29 is 29.4 Å². The van der Waals surface area contributed by atoms with E-state index < -0.39 is 47.9 Å². The molecule has 9 nitrogen and oxygen atoms in total. The van der Waals surface area contributed by atoms with Gasteiger partial charge in [-0.1, -0.05) is 50.6 Å². The highest BCUT2D eigenvalue weighted by atomic mass is 16.4. The molecule has 0 fully saturated rings. The van der Waals surface area contributed by atoms with Gasteiger partial charge in [0.1, 0.15) is 12.1 Å². The Kier molecular flexibility index (Phi) is 10.3. The molecule has 0 unspecified atom stereocenters. The molecule has 5 atom stereocenters. The van der Waals surface area contributed by atoms with Gasteiger partial charge in [-0.25, -0.2) is 0 Å². The number of aliphatic carboxylic acids is 1. The third-order valence-electron chi connectivity index (χ3n) is 5.13. The number of carbonyl (C=O) groups is 4. The SMILES string of the molecule is CC[C@H](C)[C@@H](N)C(=O)N(C(=O)C[C@@H](C)O)[C@@H](Cc1ccccc1)C(=O)N[C@@H](C)C(=O)O. The number of nitrogens with zero attached hydrogens (tertiary/aromatic N) is 1. The molecule has 3 amide bonds. The van der Waals surface area contributed by atoms with Crippen LogP contribution >= 0.6 is 0 Å². The highest BCUT2D eigenvalue weighted by Crippen LogP contribution is 2.17. The molecule has 0 aliphatic rings. The maximum Gasteiger partial charge on any atom is 0.325 e. The van der Waals surface area contributed by atoms with Crippen LogP contribution in [0.15, 0.2) is 30.3 Å². The molecule has 0 saturated carbocycles. The average molecular weight is 436 g/mol. The van der Waals surface area contributed by atoms with Gasteiger partial charge >= 0.3 is 5.97 Å². The van der Waals surface area contributed by atoms with Crippen LogP contribution in [0.5, 0.6) is 0 Å². The Morgan fingerprint density at radius 2 is 1.68 bits per heavy atom. The van der Waals surface area contributed by atoms with E-state index in [1.54, 1.807) is 37.3 Å². The number of carbonyl (C=O) groups excluding carboxylic acids is 3. The van der Waals surface area contributed by atoms with Crippen LogP contribution in [-0.4, -0.2) is 63.0 Å². The molecule has 1 aromatic carbocycles.